The van der Waals surface area contributed by atoms with Crippen molar-refractivity contribution in [3.63, 3.8) is 0 Å². The van der Waals surface area contributed by atoms with Crippen LogP contribution in [0.3, 0.4) is 0 Å². The van der Waals surface area contributed by atoms with Crippen molar-refractivity contribution in [1.29, 1.82) is 0 Å². The topological polar surface area (TPSA) is 29.1 Å². The van der Waals surface area contributed by atoms with Crippen molar-refractivity contribution in [2.75, 3.05) is 5.32 Å². The van der Waals surface area contributed by atoms with Crippen LogP contribution in [0.25, 0.3) is 11.6 Å². The SMILES string of the molecule is CCc1ccc(C=C2C(=O)Nc3ccc(Cl)cc32)s1. The number of amides is 1. The van der Waals surface area contributed by atoms with Gasteiger partial charge in [-0.25, -0.2) is 0 Å². The van der Waals surface area contributed by atoms with Gasteiger partial charge in [0.2, 0.25) is 0 Å². The first kappa shape index (κ1) is 12.5. The van der Waals surface area contributed by atoms with Crippen LogP contribution in [-0.2, 0) is 11.2 Å². The highest BCUT2D eigenvalue weighted by Crippen LogP contribution is 2.35. The Morgan fingerprint density at radius 1 is 1.32 bits per heavy atom. The molecule has 0 spiro atoms. The molecule has 1 aliphatic rings. The van der Waals surface area contributed by atoms with Crippen LogP contribution < -0.4 is 5.32 Å². The fraction of sp³-hybridized carbons (Fsp3) is 0.133. The Balaban J connectivity index is 2.06. The zero-order chi connectivity index (χ0) is 13.4. The van der Waals surface area contributed by atoms with Crippen molar-refractivity contribution in [1.82, 2.24) is 0 Å². The number of rotatable bonds is 2. The molecule has 0 fully saturated rings. The molecule has 0 radical (unpaired) electrons. The molecule has 0 saturated carbocycles. The van der Waals surface area contributed by atoms with Crippen molar-refractivity contribution in [2.45, 2.75) is 13.3 Å². The van der Waals surface area contributed by atoms with Gasteiger partial charge in [-0.2, -0.15) is 0 Å². The Bertz CT molecular complexity index is 687. The highest BCUT2D eigenvalue weighted by atomic mass is 35.5. The van der Waals surface area contributed by atoms with E-state index in [1.54, 1.807) is 17.4 Å². The van der Waals surface area contributed by atoms with Gasteiger partial charge in [0, 0.05) is 26.0 Å². The van der Waals surface area contributed by atoms with Crippen molar-refractivity contribution in [2.24, 2.45) is 0 Å². The second kappa shape index (κ2) is 4.83. The Kier molecular flexibility index (Phi) is 3.17. The lowest BCUT2D eigenvalue weighted by molar-refractivity contribution is -0.110. The molecular weight excluding hydrogens is 278 g/mol. The number of anilines is 1. The van der Waals surface area contributed by atoms with E-state index in [0.717, 1.165) is 22.5 Å². The highest BCUT2D eigenvalue weighted by molar-refractivity contribution is 7.13. The molecule has 1 amide bonds. The molecule has 19 heavy (non-hydrogen) atoms. The lowest BCUT2D eigenvalue weighted by Gasteiger charge is -1.98. The van der Waals surface area contributed by atoms with Crippen LogP contribution in [0.5, 0.6) is 0 Å². The Morgan fingerprint density at radius 3 is 2.89 bits per heavy atom. The van der Waals surface area contributed by atoms with E-state index in [0.29, 0.717) is 10.6 Å². The summed E-state index contributed by atoms with van der Waals surface area (Å²) >= 11 is 7.71. The van der Waals surface area contributed by atoms with E-state index in [2.05, 4.69) is 18.3 Å². The summed E-state index contributed by atoms with van der Waals surface area (Å²) in [5.41, 5.74) is 2.39. The van der Waals surface area contributed by atoms with Crippen LogP contribution >= 0.6 is 22.9 Å². The van der Waals surface area contributed by atoms with Crippen LogP contribution in [0.4, 0.5) is 5.69 Å². The molecule has 0 aliphatic carbocycles. The van der Waals surface area contributed by atoms with Gasteiger partial charge < -0.3 is 5.32 Å². The molecule has 3 rings (SSSR count). The fourth-order valence-corrected chi connectivity index (χ4v) is 3.18. The van der Waals surface area contributed by atoms with Gasteiger partial charge in [-0.05, 0) is 42.8 Å². The summed E-state index contributed by atoms with van der Waals surface area (Å²) < 4.78 is 0. The van der Waals surface area contributed by atoms with Gasteiger partial charge in [-0.15, -0.1) is 11.3 Å². The maximum atomic E-state index is 12.0. The van der Waals surface area contributed by atoms with Gasteiger partial charge in [0.1, 0.15) is 0 Å². The van der Waals surface area contributed by atoms with Crippen LogP contribution in [0.1, 0.15) is 22.2 Å². The Labute approximate surface area is 120 Å². The molecule has 2 aromatic rings. The summed E-state index contributed by atoms with van der Waals surface area (Å²) in [6.07, 6.45) is 2.95. The average Bonchev–Trinajstić information content (AvgIpc) is 2.96. The molecule has 1 aliphatic heterocycles. The maximum absolute atomic E-state index is 12.0. The summed E-state index contributed by atoms with van der Waals surface area (Å²) in [7, 11) is 0. The molecule has 0 unspecified atom stereocenters. The number of hydrogen-bond acceptors (Lipinski definition) is 2. The monoisotopic (exact) mass is 289 g/mol. The van der Waals surface area contributed by atoms with Crippen LogP contribution in [0.15, 0.2) is 30.3 Å². The third kappa shape index (κ3) is 2.31. The van der Waals surface area contributed by atoms with Crippen molar-refractivity contribution in [3.05, 3.63) is 50.7 Å². The quantitative estimate of drug-likeness (QED) is 0.813. The third-order valence-electron chi connectivity index (χ3n) is 3.08. The molecule has 2 nitrogen and oxygen atoms in total. The van der Waals surface area contributed by atoms with Gasteiger partial charge in [0.15, 0.2) is 0 Å². The number of nitrogens with one attached hydrogen (secondary N) is 1. The predicted molar refractivity (Wildman–Crippen MR) is 81.6 cm³/mol. The van der Waals surface area contributed by atoms with E-state index in [1.165, 1.54) is 4.88 Å². The number of benzene rings is 1. The molecule has 0 atom stereocenters. The van der Waals surface area contributed by atoms with E-state index >= 15 is 0 Å². The highest BCUT2D eigenvalue weighted by Gasteiger charge is 2.24. The molecule has 0 saturated heterocycles. The summed E-state index contributed by atoms with van der Waals surface area (Å²) in [5.74, 6) is -0.0660. The van der Waals surface area contributed by atoms with E-state index in [9.17, 15) is 4.79 Å². The zero-order valence-corrected chi connectivity index (χ0v) is 11.9. The summed E-state index contributed by atoms with van der Waals surface area (Å²) in [6, 6.07) is 9.59. The molecule has 2 heterocycles. The lowest BCUT2D eigenvalue weighted by atomic mass is 10.1. The van der Waals surface area contributed by atoms with E-state index in [4.69, 9.17) is 11.6 Å². The maximum Gasteiger partial charge on any atom is 0.256 e. The number of thiophene rings is 1. The van der Waals surface area contributed by atoms with Gasteiger partial charge >= 0.3 is 0 Å². The standard InChI is InChI=1S/C15H12ClNOS/c1-2-10-4-5-11(19-10)8-13-12-7-9(16)3-6-14(12)17-15(13)18/h3-8H,2H2,1H3,(H,17,18). The Hall–Kier alpha value is -1.58. The number of carbonyl (C=O) groups is 1. The van der Waals surface area contributed by atoms with Crippen LogP contribution in [-0.4, -0.2) is 5.91 Å². The predicted octanol–water partition coefficient (Wildman–Crippen LogP) is 4.46. The van der Waals surface area contributed by atoms with Crippen LogP contribution in [0.2, 0.25) is 5.02 Å². The zero-order valence-electron chi connectivity index (χ0n) is 10.4. The fourth-order valence-electron chi connectivity index (χ4n) is 2.11. The molecule has 96 valence electrons. The summed E-state index contributed by atoms with van der Waals surface area (Å²) in [6.45, 7) is 2.13. The molecule has 1 aromatic carbocycles. The first-order chi connectivity index (χ1) is 9.17. The van der Waals surface area contributed by atoms with Crippen LogP contribution in [0, 0.1) is 0 Å². The van der Waals surface area contributed by atoms with Crippen molar-refractivity contribution in [3.8, 4) is 0 Å². The van der Waals surface area contributed by atoms with E-state index in [1.807, 2.05) is 24.3 Å². The van der Waals surface area contributed by atoms with Gasteiger partial charge in [-0.3, -0.25) is 4.79 Å². The lowest BCUT2D eigenvalue weighted by Crippen LogP contribution is -2.03. The van der Waals surface area contributed by atoms with Crippen molar-refractivity contribution < 1.29 is 4.79 Å². The Morgan fingerprint density at radius 2 is 2.16 bits per heavy atom. The minimum atomic E-state index is -0.0660. The van der Waals surface area contributed by atoms with E-state index < -0.39 is 0 Å². The average molecular weight is 290 g/mol. The minimum Gasteiger partial charge on any atom is -0.321 e. The number of fused-ring (bicyclic) bond motifs is 1. The van der Waals surface area contributed by atoms with Crippen molar-refractivity contribution >= 4 is 46.2 Å². The first-order valence-electron chi connectivity index (χ1n) is 6.09. The minimum absolute atomic E-state index is 0.0660. The smallest absolute Gasteiger partial charge is 0.256 e. The molecule has 1 N–H and O–H groups in total. The number of halogens is 1. The van der Waals surface area contributed by atoms with Gasteiger partial charge in [0.05, 0.1) is 5.57 Å². The third-order valence-corrected chi connectivity index (χ3v) is 4.49. The molecule has 4 heteroatoms. The second-order valence-electron chi connectivity index (χ2n) is 4.36. The summed E-state index contributed by atoms with van der Waals surface area (Å²) in [4.78, 5) is 14.4. The van der Waals surface area contributed by atoms with Gasteiger partial charge in [-0.1, -0.05) is 18.5 Å². The largest absolute Gasteiger partial charge is 0.321 e. The normalized spacial score (nSPS) is 15.7. The second-order valence-corrected chi connectivity index (χ2v) is 6.00. The van der Waals surface area contributed by atoms with E-state index in [-0.39, 0.29) is 5.91 Å². The molecular formula is C15H12ClNOS. The number of carbonyl (C=O) groups excluding carboxylic acids is 1. The number of aryl methyl sites for hydroxylation is 1. The van der Waals surface area contributed by atoms with Gasteiger partial charge in [0.25, 0.3) is 5.91 Å². The summed E-state index contributed by atoms with van der Waals surface area (Å²) in [5, 5.41) is 3.49. The molecule has 1 aromatic heterocycles. The molecule has 0 bridgehead atoms. The number of hydrogen-bond donors (Lipinski definition) is 1. The first-order valence-corrected chi connectivity index (χ1v) is 7.28.